The van der Waals surface area contributed by atoms with Gasteiger partial charge >= 0.3 is 0 Å². The van der Waals surface area contributed by atoms with Crippen LogP contribution >= 0.6 is 0 Å². The molecule has 2 aliphatic carbocycles. The first-order valence-corrected chi connectivity index (χ1v) is 14.8. The molecule has 0 aliphatic heterocycles. The maximum atomic E-state index is 14.2. The summed E-state index contributed by atoms with van der Waals surface area (Å²) in [6, 6.07) is 21.8. The summed E-state index contributed by atoms with van der Waals surface area (Å²) in [5.74, 6) is 0.169. The smallest absolute Gasteiger partial charge is 0.255 e. The number of nitrogens with zero attached hydrogens (tertiary/aromatic N) is 1. The molecule has 2 aliphatic rings. The van der Waals surface area contributed by atoms with Gasteiger partial charge in [-0.05, 0) is 73.1 Å². The summed E-state index contributed by atoms with van der Waals surface area (Å²) in [5, 5.41) is 5.49. The van der Waals surface area contributed by atoms with Crippen LogP contribution in [0, 0.1) is 12.8 Å². The Bertz CT molecular complexity index is 1210. The second kappa shape index (κ2) is 13.6. The highest BCUT2D eigenvalue weighted by molar-refractivity contribution is 6.03. The van der Waals surface area contributed by atoms with Crippen molar-refractivity contribution in [3.8, 4) is 0 Å². The Hall–Kier alpha value is -3.14. The standard InChI is InChI=1S/C32H38N2O2.C2H6/c1-23-12-8-11-19-29(23)32(36)34(28-17-6-3-7-18-28)30(25-14-4-2-5-15-25)31(35)33-27-21-20-24-13-9-10-16-26(24)22-27;1-2/h8-13,16,19-22,25,28,30H,2-7,14-15,17-18H2,1H3,(H,33,35);1-2H3. The fourth-order valence-electron chi connectivity index (χ4n) is 6.33. The highest BCUT2D eigenvalue weighted by Crippen LogP contribution is 2.35. The first-order valence-electron chi connectivity index (χ1n) is 14.8. The van der Waals surface area contributed by atoms with E-state index in [2.05, 4.69) is 23.5 Å². The van der Waals surface area contributed by atoms with Crippen molar-refractivity contribution in [2.45, 2.75) is 97.1 Å². The lowest BCUT2D eigenvalue weighted by Crippen LogP contribution is -2.56. The van der Waals surface area contributed by atoms with E-state index >= 15 is 0 Å². The van der Waals surface area contributed by atoms with E-state index in [9.17, 15) is 9.59 Å². The molecule has 38 heavy (non-hydrogen) atoms. The van der Waals surface area contributed by atoms with Crippen molar-refractivity contribution in [3.05, 3.63) is 77.9 Å². The molecule has 0 saturated heterocycles. The lowest BCUT2D eigenvalue weighted by Gasteiger charge is -2.43. The normalized spacial score (nSPS) is 17.2. The Morgan fingerprint density at radius 2 is 1.37 bits per heavy atom. The molecule has 1 atom stereocenters. The van der Waals surface area contributed by atoms with Gasteiger partial charge in [-0.1, -0.05) is 101 Å². The highest BCUT2D eigenvalue weighted by atomic mass is 16.2. The van der Waals surface area contributed by atoms with Crippen molar-refractivity contribution >= 4 is 28.3 Å². The summed E-state index contributed by atoms with van der Waals surface area (Å²) in [4.78, 5) is 30.4. The van der Waals surface area contributed by atoms with E-state index in [1.807, 2.05) is 74.2 Å². The largest absolute Gasteiger partial charge is 0.324 e. The molecule has 1 N–H and O–H groups in total. The molecule has 0 spiro atoms. The van der Waals surface area contributed by atoms with Crippen LogP contribution in [0.3, 0.4) is 0 Å². The van der Waals surface area contributed by atoms with Crippen LogP contribution in [-0.2, 0) is 4.79 Å². The molecular formula is C34H44N2O2. The van der Waals surface area contributed by atoms with Crippen LogP contribution in [0.5, 0.6) is 0 Å². The molecular weight excluding hydrogens is 468 g/mol. The number of nitrogens with one attached hydrogen (secondary N) is 1. The quantitative estimate of drug-likeness (QED) is 0.360. The van der Waals surface area contributed by atoms with Crippen molar-refractivity contribution in [3.63, 3.8) is 0 Å². The van der Waals surface area contributed by atoms with Crippen LogP contribution in [-0.4, -0.2) is 28.8 Å². The van der Waals surface area contributed by atoms with Crippen molar-refractivity contribution in [1.29, 1.82) is 0 Å². The number of hydrogen-bond acceptors (Lipinski definition) is 2. The van der Waals surface area contributed by atoms with E-state index in [1.54, 1.807) is 0 Å². The Labute approximate surface area is 228 Å². The average molecular weight is 513 g/mol. The van der Waals surface area contributed by atoms with Gasteiger partial charge in [-0.2, -0.15) is 0 Å². The minimum Gasteiger partial charge on any atom is -0.324 e. The number of carbonyl (C=O) groups excluding carboxylic acids is 2. The summed E-state index contributed by atoms with van der Waals surface area (Å²) < 4.78 is 0. The first-order chi connectivity index (χ1) is 18.6. The fraction of sp³-hybridized carbons (Fsp3) is 0.471. The van der Waals surface area contributed by atoms with Crippen LogP contribution in [0.4, 0.5) is 5.69 Å². The number of aryl methyl sites for hydroxylation is 1. The van der Waals surface area contributed by atoms with Gasteiger partial charge in [-0.15, -0.1) is 0 Å². The zero-order chi connectivity index (χ0) is 26.9. The van der Waals surface area contributed by atoms with Gasteiger partial charge in [0.25, 0.3) is 5.91 Å². The molecule has 0 aromatic heterocycles. The van der Waals surface area contributed by atoms with Gasteiger partial charge in [-0.25, -0.2) is 0 Å². The molecule has 0 radical (unpaired) electrons. The maximum Gasteiger partial charge on any atom is 0.255 e. The number of carbonyl (C=O) groups is 2. The molecule has 5 rings (SSSR count). The van der Waals surface area contributed by atoms with Crippen molar-refractivity contribution in [2.24, 2.45) is 5.92 Å². The lowest BCUT2D eigenvalue weighted by atomic mass is 9.80. The number of hydrogen-bond donors (Lipinski definition) is 1. The molecule has 2 amide bonds. The predicted molar refractivity (Wildman–Crippen MR) is 159 cm³/mol. The SMILES string of the molecule is CC.Cc1ccccc1C(=O)N(C1CCCCC1)C(C(=O)Nc1ccc2ccccc2c1)C1CCCCC1. The van der Waals surface area contributed by atoms with Gasteiger partial charge in [0.2, 0.25) is 5.91 Å². The first kappa shape index (κ1) is 27.9. The summed E-state index contributed by atoms with van der Waals surface area (Å²) in [5.41, 5.74) is 2.49. The Morgan fingerprint density at radius 3 is 2.05 bits per heavy atom. The Morgan fingerprint density at radius 1 is 0.763 bits per heavy atom. The number of anilines is 1. The van der Waals surface area contributed by atoms with Gasteiger partial charge in [0, 0.05) is 17.3 Å². The molecule has 4 nitrogen and oxygen atoms in total. The summed E-state index contributed by atoms with van der Waals surface area (Å²) in [7, 11) is 0. The average Bonchev–Trinajstić information content (AvgIpc) is 2.97. The second-order valence-corrected chi connectivity index (χ2v) is 10.7. The second-order valence-electron chi connectivity index (χ2n) is 10.7. The number of amides is 2. The summed E-state index contributed by atoms with van der Waals surface area (Å²) >= 11 is 0. The van der Waals surface area contributed by atoms with Crippen LogP contribution < -0.4 is 5.32 Å². The molecule has 2 saturated carbocycles. The van der Waals surface area contributed by atoms with Crippen LogP contribution in [0.25, 0.3) is 10.8 Å². The van der Waals surface area contributed by atoms with E-state index in [0.29, 0.717) is 0 Å². The van der Waals surface area contributed by atoms with Crippen molar-refractivity contribution in [2.75, 3.05) is 5.32 Å². The minimum atomic E-state index is -0.452. The van der Waals surface area contributed by atoms with Gasteiger partial charge in [0.15, 0.2) is 0 Å². The van der Waals surface area contributed by atoms with Gasteiger partial charge in [-0.3, -0.25) is 9.59 Å². The van der Waals surface area contributed by atoms with Gasteiger partial charge in [0.05, 0.1) is 0 Å². The van der Waals surface area contributed by atoms with E-state index in [0.717, 1.165) is 79.0 Å². The van der Waals surface area contributed by atoms with E-state index < -0.39 is 6.04 Å². The van der Waals surface area contributed by atoms with E-state index in [4.69, 9.17) is 0 Å². The van der Waals surface area contributed by atoms with Crippen LogP contribution in [0.2, 0.25) is 0 Å². The van der Waals surface area contributed by atoms with Crippen LogP contribution in [0.15, 0.2) is 66.7 Å². The zero-order valence-corrected chi connectivity index (χ0v) is 23.4. The third-order valence-corrected chi connectivity index (χ3v) is 8.26. The van der Waals surface area contributed by atoms with Gasteiger partial charge in [0.1, 0.15) is 6.04 Å². The monoisotopic (exact) mass is 512 g/mol. The van der Waals surface area contributed by atoms with E-state index in [-0.39, 0.29) is 23.8 Å². The predicted octanol–water partition coefficient (Wildman–Crippen LogP) is 8.54. The topological polar surface area (TPSA) is 49.4 Å². The molecule has 3 aromatic carbocycles. The van der Waals surface area contributed by atoms with Crippen molar-refractivity contribution in [1.82, 2.24) is 4.90 Å². The molecule has 0 bridgehead atoms. The third-order valence-electron chi connectivity index (χ3n) is 8.26. The zero-order valence-electron chi connectivity index (χ0n) is 23.4. The number of benzene rings is 3. The number of rotatable bonds is 6. The molecule has 2 fully saturated rings. The maximum absolute atomic E-state index is 14.2. The molecule has 4 heteroatoms. The summed E-state index contributed by atoms with van der Waals surface area (Å²) in [6.07, 6.45) is 10.9. The third kappa shape index (κ3) is 6.46. The highest BCUT2D eigenvalue weighted by Gasteiger charge is 2.41. The molecule has 0 heterocycles. The minimum absolute atomic E-state index is 0.0178. The Balaban J connectivity index is 0.00000164. The summed E-state index contributed by atoms with van der Waals surface area (Å²) in [6.45, 7) is 6.00. The number of fused-ring (bicyclic) bond motifs is 1. The molecule has 1 unspecified atom stereocenters. The molecule has 3 aromatic rings. The fourth-order valence-corrected chi connectivity index (χ4v) is 6.33. The van der Waals surface area contributed by atoms with Crippen molar-refractivity contribution < 1.29 is 9.59 Å². The van der Waals surface area contributed by atoms with Crippen LogP contribution in [0.1, 0.15) is 94.0 Å². The van der Waals surface area contributed by atoms with E-state index in [1.165, 1.54) is 12.8 Å². The lowest BCUT2D eigenvalue weighted by molar-refractivity contribution is -0.124. The van der Waals surface area contributed by atoms with Gasteiger partial charge < -0.3 is 10.2 Å². The Kier molecular flexibility index (Phi) is 9.98. The molecule has 202 valence electrons.